The van der Waals surface area contributed by atoms with E-state index in [0.29, 0.717) is 10.7 Å². The van der Waals surface area contributed by atoms with E-state index < -0.39 is 0 Å². The van der Waals surface area contributed by atoms with Gasteiger partial charge in [0.2, 0.25) is 0 Å². The predicted molar refractivity (Wildman–Crippen MR) is 75.2 cm³/mol. The standard InChI is InChI=1S/C13H19N3S/c14-13(17)11-7-4-8-12(16-11)15-9-10-5-2-1-3-6-10/h4,7-8,10H,1-3,5-6,9H2,(H2,14,17)(H,15,16). The molecular weight excluding hydrogens is 230 g/mol. The lowest BCUT2D eigenvalue weighted by molar-refractivity contribution is 0.373. The molecule has 1 aromatic heterocycles. The first-order valence-electron chi connectivity index (χ1n) is 6.26. The fourth-order valence-corrected chi connectivity index (χ4v) is 2.42. The van der Waals surface area contributed by atoms with Gasteiger partial charge in [0, 0.05) is 6.54 Å². The van der Waals surface area contributed by atoms with Crippen molar-refractivity contribution in [1.29, 1.82) is 0 Å². The molecule has 0 saturated heterocycles. The van der Waals surface area contributed by atoms with Crippen LogP contribution in [-0.4, -0.2) is 16.5 Å². The minimum absolute atomic E-state index is 0.353. The molecule has 3 N–H and O–H groups in total. The molecule has 0 bridgehead atoms. The molecule has 1 aromatic rings. The summed E-state index contributed by atoms with van der Waals surface area (Å²) in [5, 5.41) is 3.38. The maximum absolute atomic E-state index is 5.56. The number of anilines is 1. The van der Waals surface area contributed by atoms with Crippen molar-refractivity contribution in [3.05, 3.63) is 23.9 Å². The van der Waals surface area contributed by atoms with Gasteiger partial charge in [0.15, 0.2) is 0 Å². The maximum atomic E-state index is 5.56. The summed E-state index contributed by atoms with van der Waals surface area (Å²) >= 11 is 4.92. The first kappa shape index (κ1) is 12.3. The van der Waals surface area contributed by atoms with Crippen molar-refractivity contribution in [1.82, 2.24) is 4.98 Å². The highest BCUT2D eigenvalue weighted by molar-refractivity contribution is 7.80. The third kappa shape index (κ3) is 3.66. The van der Waals surface area contributed by atoms with Gasteiger partial charge in [-0.25, -0.2) is 4.98 Å². The molecule has 0 aliphatic heterocycles. The number of rotatable bonds is 4. The number of hydrogen-bond acceptors (Lipinski definition) is 3. The van der Waals surface area contributed by atoms with Gasteiger partial charge in [-0.05, 0) is 30.9 Å². The first-order valence-corrected chi connectivity index (χ1v) is 6.67. The molecule has 0 radical (unpaired) electrons. The second-order valence-electron chi connectivity index (χ2n) is 4.66. The molecule has 17 heavy (non-hydrogen) atoms. The molecule has 3 nitrogen and oxygen atoms in total. The zero-order chi connectivity index (χ0) is 12.1. The summed E-state index contributed by atoms with van der Waals surface area (Å²) in [6.07, 6.45) is 6.80. The summed E-state index contributed by atoms with van der Waals surface area (Å²) in [7, 11) is 0. The second-order valence-corrected chi connectivity index (χ2v) is 5.10. The molecule has 0 spiro atoms. The highest BCUT2D eigenvalue weighted by atomic mass is 32.1. The Morgan fingerprint density at radius 3 is 2.82 bits per heavy atom. The molecule has 2 rings (SSSR count). The predicted octanol–water partition coefficient (Wildman–Crippen LogP) is 2.71. The molecular formula is C13H19N3S. The van der Waals surface area contributed by atoms with Crippen LogP contribution in [0.5, 0.6) is 0 Å². The van der Waals surface area contributed by atoms with E-state index in [0.717, 1.165) is 18.3 Å². The van der Waals surface area contributed by atoms with Crippen LogP contribution in [0.3, 0.4) is 0 Å². The third-order valence-corrected chi connectivity index (χ3v) is 3.51. The lowest BCUT2D eigenvalue weighted by atomic mass is 9.89. The lowest BCUT2D eigenvalue weighted by Gasteiger charge is -2.22. The Kier molecular flexibility index (Phi) is 4.31. The molecule has 0 amide bonds. The molecule has 1 fully saturated rings. The molecule has 1 saturated carbocycles. The molecule has 0 unspecified atom stereocenters. The minimum Gasteiger partial charge on any atom is -0.388 e. The van der Waals surface area contributed by atoms with Gasteiger partial charge in [-0.2, -0.15) is 0 Å². The van der Waals surface area contributed by atoms with Crippen LogP contribution in [0.15, 0.2) is 18.2 Å². The van der Waals surface area contributed by atoms with E-state index in [9.17, 15) is 0 Å². The van der Waals surface area contributed by atoms with Crippen LogP contribution in [-0.2, 0) is 0 Å². The first-order chi connectivity index (χ1) is 8.25. The molecule has 1 aliphatic carbocycles. The van der Waals surface area contributed by atoms with Gasteiger partial charge in [0.1, 0.15) is 10.8 Å². The molecule has 1 aliphatic rings. The highest BCUT2D eigenvalue weighted by Gasteiger charge is 2.13. The number of hydrogen-bond donors (Lipinski definition) is 2. The van der Waals surface area contributed by atoms with Crippen LogP contribution in [0.2, 0.25) is 0 Å². The van der Waals surface area contributed by atoms with E-state index in [1.165, 1.54) is 32.1 Å². The van der Waals surface area contributed by atoms with Crippen molar-refractivity contribution in [3.8, 4) is 0 Å². The fourth-order valence-electron chi connectivity index (χ4n) is 2.31. The number of pyridine rings is 1. The van der Waals surface area contributed by atoms with Crippen LogP contribution in [0, 0.1) is 5.92 Å². The van der Waals surface area contributed by atoms with E-state index in [1.54, 1.807) is 0 Å². The Hall–Kier alpha value is -1.16. The van der Waals surface area contributed by atoms with E-state index >= 15 is 0 Å². The van der Waals surface area contributed by atoms with E-state index in [4.69, 9.17) is 18.0 Å². The Labute approximate surface area is 108 Å². The number of aromatic nitrogens is 1. The zero-order valence-electron chi connectivity index (χ0n) is 9.98. The van der Waals surface area contributed by atoms with Crippen LogP contribution < -0.4 is 11.1 Å². The summed E-state index contributed by atoms with van der Waals surface area (Å²) in [5.41, 5.74) is 6.25. The van der Waals surface area contributed by atoms with Gasteiger partial charge in [-0.3, -0.25) is 0 Å². The largest absolute Gasteiger partial charge is 0.388 e. The van der Waals surface area contributed by atoms with Crippen LogP contribution in [0.4, 0.5) is 5.82 Å². The van der Waals surface area contributed by atoms with Crippen molar-refractivity contribution in [2.75, 3.05) is 11.9 Å². The number of nitrogens with one attached hydrogen (secondary N) is 1. The van der Waals surface area contributed by atoms with E-state index in [-0.39, 0.29) is 0 Å². The summed E-state index contributed by atoms with van der Waals surface area (Å²) in [4.78, 5) is 4.73. The lowest BCUT2D eigenvalue weighted by Crippen LogP contribution is -2.18. The highest BCUT2D eigenvalue weighted by Crippen LogP contribution is 2.23. The van der Waals surface area contributed by atoms with Gasteiger partial charge in [-0.15, -0.1) is 0 Å². The van der Waals surface area contributed by atoms with Gasteiger partial charge in [0.05, 0.1) is 5.69 Å². The van der Waals surface area contributed by atoms with Crippen LogP contribution >= 0.6 is 12.2 Å². The Balaban J connectivity index is 1.89. The molecule has 0 atom stereocenters. The minimum atomic E-state index is 0.353. The molecule has 1 heterocycles. The number of nitrogens with zero attached hydrogens (tertiary/aromatic N) is 1. The van der Waals surface area contributed by atoms with Gasteiger partial charge >= 0.3 is 0 Å². The smallest absolute Gasteiger partial charge is 0.126 e. The second kappa shape index (κ2) is 5.96. The summed E-state index contributed by atoms with van der Waals surface area (Å²) in [5.74, 6) is 1.67. The van der Waals surface area contributed by atoms with Crippen molar-refractivity contribution in [3.63, 3.8) is 0 Å². The number of thiocarbonyl (C=S) groups is 1. The van der Waals surface area contributed by atoms with Crippen molar-refractivity contribution >= 4 is 23.0 Å². The van der Waals surface area contributed by atoms with E-state index in [1.807, 2.05) is 18.2 Å². The quantitative estimate of drug-likeness (QED) is 0.806. The number of nitrogens with two attached hydrogens (primary N) is 1. The van der Waals surface area contributed by atoms with Crippen molar-refractivity contribution < 1.29 is 0 Å². The average molecular weight is 249 g/mol. The zero-order valence-corrected chi connectivity index (χ0v) is 10.8. The monoisotopic (exact) mass is 249 g/mol. The summed E-state index contributed by atoms with van der Waals surface area (Å²) in [6, 6.07) is 5.74. The topological polar surface area (TPSA) is 50.9 Å². The van der Waals surface area contributed by atoms with E-state index in [2.05, 4.69) is 10.3 Å². The SMILES string of the molecule is NC(=S)c1cccc(NCC2CCCCC2)n1. The van der Waals surface area contributed by atoms with Crippen LogP contribution in [0.1, 0.15) is 37.8 Å². The summed E-state index contributed by atoms with van der Waals surface area (Å²) < 4.78 is 0. The van der Waals surface area contributed by atoms with Crippen molar-refractivity contribution in [2.24, 2.45) is 11.7 Å². The molecule has 92 valence electrons. The van der Waals surface area contributed by atoms with Gasteiger partial charge < -0.3 is 11.1 Å². The molecule has 4 heteroatoms. The van der Waals surface area contributed by atoms with Crippen LogP contribution in [0.25, 0.3) is 0 Å². The van der Waals surface area contributed by atoms with Gasteiger partial charge in [-0.1, -0.05) is 37.5 Å². The Bertz CT molecular complexity index is 386. The fraction of sp³-hybridized carbons (Fsp3) is 0.538. The normalized spacial score (nSPS) is 16.7. The van der Waals surface area contributed by atoms with Gasteiger partial charge in [0.25, 0.3) is 0 Å². The molecule has 0 aromatic carbocycles. The summed E-state index contributed by atoms with van der Waals surface area (Å²) in [6.45, 7) is 1.01. The average Bonchev–Trinajstić information content (AvgIpc) is 2.38. The van der Waals surface area contributed by atoms with Crippen molar-refractivity contribution in [2.45, 2.75) is 32.1 Å². The third-order valence-electron chi connectivity index (χ3n) is 3.30. The Morgan fingerprint density at radius 1 is 1.35 bits per heavy atom. The maximum Gasteiger partial charge on any atom is 0.126 e. The Morgan fingerprint density at radius 2 is 2.12 bits per heavy atom.